The van der Waals surface area contributed by atoms with Crippen molar-refractivity contribution < 1.29 is 34.1 Å². The van der Waals surface area contributed by atoms with Crippen LogP contribution in [-0.4, -0.2) is 54.4 Å². The second kappa shape index (κ2) is 6.98. The summed E-state index contributed by atoms with van der Waals surface area (Å²) in [6, 6.07) is 0. The van der Waals surface area contributed by atoms with Crippen molar-refractivity contribution in [2.75, 3.05) is 6.61 Å². The monoisotopic (exact) mass is 206 g/mol. The van der Waals surface area contributed by atoms with Crippen LogP contribution < -0.4 is 0 Å². The van der Waals surface area contributed by atoms with Crippen molar-refractivity contribution >= 4 is 19.2 Å². The lowest BCUT2D eigenvalue weighted by Crippen LogP contribution is -2.43. The average Bonchev–Trinajstić information content (AvgIpc) is 2.22. The number of hydrogen-bond donors (Lipinski definition) is 2. The molecule has 0 aliphatic heterocycles. The molecular weight excluding hydrogens is 196 g/mol. The smallest absolute Gasteiger partial charge is 0.293 e. The summed E-state index contributed by atoms with van der Waals surface area (Å²) in [7, 11) is 0. The highest BCUT2D eigenvalue weighted by Crippen LogP contribution is 2.05. The van der Waals surface area contributed by atoms with E-state index in [-0.39, 0.29) is 19.2 Å². The highest BCUT2D eigenvalue weighted by atomic mass is 16.6. The lowest BCUT2D eigenvalue weighted by molar-refractivity contribution is -0.164. The number of aliphatic hydroxyl groups is 2. The van der Waals surface area contributed by atoms with Gasteiger partial charge in [0.1, 0.15) is 6.10 Å². The summed E-state index contributed by atoms with van der Waals surface area (Å²) in [6.07, 6.45) is -4.14. The number of aldehydes is 1. The van der Waals surface area contributed by atoms with Crippen molar-refractivity contribution in [2.45, 2.75) is 18.3 Å². The van der Waals surface area contributed by atoms with E-state index in [4.69, 9.17) is 10.2 Å². The van der Waals surface area contributed by atoms with Gasteiger partial charge in [-0.1, -0.05) is 0 Å². The summed E-state index contributed by atoms with van der Waals surface area (Å²) in [5.74, 6) is 0. The topological polar surface area (TPSA) is 110 Å². The van der Waals surface area contributed by atoms with Gasteiger partial charge in [0.25, 0.3) is 12.9 Å². The molecule has 2 N–H and O–H groups in total. The average molecular weight is 206 g/mol. The van der Waals surface area contributed by atoms with E-state index in [9.17, 15) is 14.4 Å². The molecule has 7 nitrogen and oxygen atoms in total. The molecule has 0 aromatic rings. The minimum atomic E-state index is -1.49. The van der Waals surface area contributed by atoms with Gasteiger partial charge in [0.2, 0.25) is 0 Å². The molecular formula is C7H10O7. The summed E-state index contributed by atoms with van der Waals surface area (Å²) in [5, 5.41) is 17.6. The molecule has 0 aliphatic rings. The minimum absolute atomic E-state index is 0.0196. The van der Waals surface area contributed by atoms with E-state index in [1.165, 1.54) is 0 Å². The molecule has 0 fully saturated rings. The second-order valence-electron chi connectivity index (χ2n) is 2.28. The van der Waals surface area contributed by atoms with Crippen LogP contribution in [0.2, 0.25) is 0 Å². The Bertz CT molecular complexity index is 192. The third-order valence-corrected chi connectivity index (χ3v) is 1.45. The lowest BCUT2D eigenvalue weighted by Gasteiger charge is -2.22. The van der Waals surface area contributed by atoms with Gasteiger partial charge in [-0.25, -0.2) is 0 Å². The Hall–Kier alpha value is -1.47. The van der Waals surface area contributed by atoms with Crippen LogP contribution in [0, 0.1) is 0 Å². The van der Waals surface area contributed by atoms with E-state index in [0.717, 1.165) is 0 Å². The van der Waals surface area contributed by atoms with Gasteiger partial charge in [-0.2, -0.15) is 0 Å². The van der Waals surface area contributed by atoms with Gasteiger partial charge >= 0.3 is 0 Å². The van der Waals surface area contributed by atoms with Crippen LogP contribution in [-0.2, 0) is 23.9 Å². The number of hydrogen-bond acceptors (Lipinski definition) is 7. The number of carbonyl (C=O) groups excluding carboxylic acids is 3. The molecule has 0 saturated heterocycles. The van der Waals surface area contributed by atoms with Crippen LogP contribution in [0.15, 0.2) is 0 Å². The number of ether oxygens (including phenoxy) is 2. The molecule has 3 atom stereocenters. The molecule has 14 heavy (non-hydrogen) atoms. The fraction of sp³-hybridized carbons (Fsp3) is 0.571. The minimum Gasteiger partial charge on any atom is -0.457 e. The maximum atomic E-state index is 10.4. The highest BCUT2D eigenvalue weighted by molar-refractivity contribution is 5.60. The van der Waals surface area contributed by atoms with Crippen molar-refractivity contribution in [3.05, 3.63) is 0 Å². The molecule has 80 valence electrons. The van der Waals surface area contributed by atoms with E-state index in [1.54, 1.807) is 0 Å². The zero-order valence-corrected chi connectivity index (χ0v) is 7.11. The normalized spacial score (nSPS) is 16.1. The molecule has 7 heteroatoms. The predicted molar refractivity (Wildman–Crippen MR) is 41.0 cm³/mol. The SMILES string of the molecule is O=CO[C@@H]([C@H](O)CO)[C@H](C=O)OC=O. The Balaban J connectivity index is 4.48. The first-order valence-electron chi connectivity index (χ1n) is 3.63. The maximum Gasteiger partial charge on any atom is 0.293 e. The molecule has 0 heterocycles. The first-order valence-corrected chi connectivity index (χ1v) is 3.63. The number of carbonyl (C=O) groups is 3. The van der Waals surface area contributed by atoms with Gasteiger partial charge in [0, 0.05) is 0 Å². The van der Waals surface area contributed by atoms with Crippen molar-refractivity contribution in [1.29, 1.82) is 0 Å². The Morgan fingerprint density at radius 2 is 1.71 bits per heavy atom. The predicted octanol–water partition coefficient (Wildman–Crippen LogP) is -2.38. The Morgan fingerprint density at radius 3 is 2.07 bits per heavy atom. The fourth-order valence-electron chi connectivity index (χ4n) is 0.806. The molecule has 0 spiro atoms. The summed E-state index contributed by atoms with van der Waals surface area (Å²) in [6.45, 7) is -0.774. The van der Waals surface area contributed by atoms with Crippen molar-refractivity contribution in [3.8, 4) is 0 Å². The molecule has 0 amide bonds. The molecule has 0 aromatic heterocycles. The largest absolute Gasteiger partial charge is 0.457 e. The first kappa shape index (κ1) is 12.5. The zero-order chi connectivity index (χ0) is 11.0. The summed E-state index contributed by atoms with van der Waals surface area (Å²) in [4.78, 5) is 30.3. The molecule has 0 rings (SSSR count). The van der Waals surface area contributed by atoms with Gasteiger partial charge in [-0.3, -0.25) is 14.4 Å². The molecule has 0 unspecified atom stereocenters. The van der Waals surface area contributed by atoms with Gasteiger partial charge in [-0.15, -0.1) is 0 Å². The second-order valence-corrected chi connectivity index (χ2v) is 2.28. The quantitative estimate of drug-likeness (QED) is 0.427. The van der Waals surface area contributed by atoms with E-state index in [1.807, 2.05) is 0 Å². The van der Waals surface area contributed by atoms with Crippen LogP contribution >= 0.6 is 0 Å². The van der Waals surface area contributed by atoms with Crippen LogP contribution in [0.1, 0.15) is 0 Å². The Kier molecular flexibility index (Phi) is 6.25. The third kappa shape index (κ3) is 3.50. The zero-order valence-electron chi connectivity index (χ0n) is 7.11. The van der Waals surface area contributed by atoms with Crippen LogP contribution in [0.5, 0.6) is 0 Å². The van der Waals surface area contributed by atoms with Crippen molar-refractivity contribution in [2.24, 2.45) is 0 Å². The van der Waals surface area contributed by atoms with Crippen LogP contribution in [0.25, 0.3) is 0 Å². The molecule has 0 radical (unpaired) electrons. The highest BCUT2D eigenvalue weighted by Gasteiger charge is 2.30. The summed E-state index contributed by atoms with van der Waals surface area (Å²) >= 11 is 0. The molecule has 0 saturated carbocycles. The van der Waals surface area contributed by atoms with Gasteiger partial charge in [0.15, 0.2) is 18.5 Å². The van der Waals surface area contributed by atoms with E-state index >= 15 is 0 Å². The van der Waals surface area contributed by atoms with Gasteiger partial charge in [-0.05, 0) is 0 Å². The van der Waals surface area contributed by atoms with E-state index in [2.05, 4.69) is 9.47 Å². The van der Waals surface area contributed by atoms with E-state index < -0.39 is 24.9 Å². The lowest BCUT2D eigenvalue weighted by atomic mass is 10.1. The standard InChI is InChI=1S/C7H10O7/c8-1-5(12)7(14-4-11)6(2-9)13-3-10/h2-8,12H,1H2/t5-,6+,7+/m1/s1. The number of aliphatic hydroxyl groups excluding tert-OH is 2. The van der Waals surface area contributed by atoms with Crippen molar-refractivity contribution in [3.63, 3.8) is 0 Å². The van der Waals surface area contributed by atoms with Crippen LogP contribution in [0.3, 0.4) is 0 Å². The number of rotatable bonds is 8. The van der Waals surface area contributed by atoms with E-state index in [0.29, 0.717) is 0 Å². The maximum absolute atomic E-state index is 10.4. The molecule has 0 bridgehead atoms. The summed E-state index contributed by atoms with van der Waals surface area (Å²) < 4.78 is 8.52. The third-order valence-electron chi connectivity index (χ3n) is 1.45. The van der Waals surface area contributed by atoms with Gasteiger partial charge in [0.05, 0.1) is 6.61 Å². The first-order chi connectivity index (χ1) is 6.71. The molecule has 0 aromatic carbocycles. The fourth-order valence-corrected chi connectivity index (χ4v) is 0.806. The molecule has 0 aliphatic carbocycles. The Labute approximate surface area is 79.2 Å². The van der Waals surface area contributed by atoms with Crippen molar-refractivity contribution in [1.82, 2.24) is 0 Å². The Morgan fingerprint density at radius 1 is 1.14 bits per heavy atom. The van der Waals surface area contributed by atoms with Gasteiger partial charge < -0.3 is 19.7 Å². The van der Waals surface area contributed by atoms with Crippen LogP contribution in [0.4, 0.5) is 0 Å². The summed E-state index contributed by atoms with van der Waals surface area (Å²) in [5.41, 5.74) is 0.